The number of carbonyl (C=O) groups excluding carboxylic acids is 2. The molecule has 1 atom stereocenters. The van der Waals surface area contributed by atoms with Crippen LogP contribution in [0.3, 0.4) is 0 Å². The molecule has 1 saturated carbocycles. The summed E-state index contributed by atoms with van der Waals surface area (Å²) < 4.78 is 5.17. The van der Waals surface area contributed by atoms with Crippen LogP contribution in [-0.4, -0.2) is 31.6 Å². The Morgan fingerprint density at radius 3 is 2.80 bits per heavy atom. The van der Waals surface area contributed by atoms with E-state index in [1.807, 2.05) is 6.92 Å². The third kappa shape index (κ3) is 3.40. The van der Waals surface area contributed by atoms with Gasteiger partial charge in [-0.05, 0) is 31.3 Å². The minimum atomic E-state index is -0.374. The molecule has 0 aromatic rings. The number of esters is 1. The highest BCUT2D eigenvalue weighted by Gasteiger charge is 2.37. The van der Waals surface area contributed by atoms with Gasteiger partial charge in [0, 0.05) is 18.8 Å². The van der Waals surface area contributed by atoms with Crippen LogP contribution in [0, 0.1) is 5.92 Å². The molecular weight excluding hydrogens is 256 g/mol. The van der Waals surface area contributed by atoms with E-state index in [1.165, 1.54) is 0 Å². The van der Waals surface area contributed by atoms with Crippen molar-refractivity contribution in [2.24, 2.45) is 5.92 Å². The van der Waals surface area contributed by atoms with E-state index in [1.54, 1.807) is 19.3 Å². The third-order valence-corrected chi connectivity index (χ3v) is 3.61. The number of unbranched alkanes of at least 4 members (excludes halogenated alkanes) is 1. The van der Waals surface area contributed by atoms with E-state index in [2.05, 4.69) is 10.6 Å². The fraction of sp³-hybridized carbons (Fsp3) is 0.600. The van der Waals surface area contributed by atoms with Crippen LogP contribution in [0.15, 0.2) is 23.4 Å². The number of carbonyl (C=O) groups is 2. The van der Waals surface area contributed by atoms with Crippen molar-refractivity contribution < 1.29 is 14.3 Å². The Hall–Kier alpha value is -1.78. The third-order valence-electron chi connectivity index (χ3n) is 3.61. The van der Waals surface area contributed by atoms with Crippen LogP contribution in [0.1, 0.15) is 32.6 Å². The largest absolute Gasteiger partial charge is 0.462 e. The van der Waals surface area contributed by atoms with Crippen molar-refractivity contribution in [1.82, 2.24) is 10.6 Å². The van der Waals surface area contributed by atoms with E-state index in [4.69, 9.17) is 4.74 Å². The molecule has 0 spiro atoms. The lowest BCUT2D eigenvalue weighted by Crippen LogP contribution is -2.39. The SMILES string of the molecule is CCCCOC(=O)C1=CNC(C2CC2)C(C(=O)NC)=C1. The van der Waals surface area contributed by atoms with Crippen LogP contribution in [0.25, 0.3) is 0 Å². The lowest BCUT2D eigenvalue weighted by Gasteiger charge is -2.24. The molecule has 5 heteroatoms. The van der Waals surface area contributed by atoms with Crippen molar-refractivity contribution in [2.75, 3.05) is 13.7 Å². The Morgan fingerprint density at radius 2 is 2.20 bits per heavy atom. The van der Waals surface area contributed by atoms with Crippen LogP contribution in [0.2, 0.25) is 0 Å². The quantitative estimate of drug-likeness (QED) is 0.567. The second kappa shape index (κ2) is 6.59. The molecule has 0 aromatic heterocycles. The maximum absolute atomic E-state index is 11.9. The maximum atomic E-state index is 11.9. The standard InChI is InChI=1S/C15H22N2O3/c1-3-4-7-20-15(19)11-8-12(14(18)16-2)13(17-9-11)10-5-6-10/h8-10,13,17H,3-7H2,1-2H3,(H,16,18). The number of hydrogen-bond donors (Lipinski definition) is 2. The number of rotatable bonds is 6. The number of dihydropyridines is 1. The first-order valence-electron chi connectivity index (χ1n) is 7.24. The average molecular weight is 278 g/mol. The smallest absolute Gasteiger partial charge is 0.339 e. The Labute approximate surface area is 119 Å². The summed E-state index contributed by atoms with van der Waals surface area (Å²) in [6.07, 6.45) is 7.40. The van der Waals surface area contributed by atoms with Gasteiger partial charge < -0.3 is 15.4 Å². The van der Waals surface area contributed by atoms with Gasteiger partial charge in [0.1, 0.15) is 0 Å². The van der Waals surface area contributed by atoms with Crippen molar-refractivity contribution in [3.05, 3.63) is 23.4 Å². The Balaban J connectivity index is 2.05. The van der Waals surface area contributed by atoms with Gasteiger partial charge in [0.2, 0.25) is 5.91 Å². The van der Waals surface area contributed by atoms with Gasteiger partial charge in [-0.2, -0.15) is 0 Å². The predicted octanol–water partition coefficient (Wildman–Crippen LogP) is 1.27. The zero-order valence-corrected chi connectivity index (χ0v) is 12.1. The highest BCUT2D eigenvalue weighted by Crippen LogP contribution is 2.37. The fourth-order valence-corrected chi connectivity index (χ4v) is 2.25. The molecule has 2 aliphatic rings. The highest BCUT2D eigenvalue weighted by atomic mass is 16.5. The Bertz CT molecular complexity index is 450. The molecule has 1 amide bonds. The molecule has 0 saturated heterocycles. The maximum Gasteiger partial charge on any atom is 0.339 e. The summed E-state index contributed by atoms with van der Waals surface area (Å²) in [7, 11) is 1.60. The fourth-order valence-electron chi connectivity index (χ4n) is 2.25. The minimum Gasteiger partial charge on any atom is -0.462 e. The van der Waals surface area contributed by atoms with Gasteiger partial charge in [-0.1, -0.05) is 13.3 Å². The number of ether oxygens (including phenoxy) is 1. The van der Waals surface area contributed by atoms with Crippen LogP contribution in [0.4, 0.5) is 0 Å². The summed E-state index contributed by atoms with van der Waals surface area (Å²) >= 11 is 0. The monoisotopic (exact) mass is 278 g/mol. The van der Waals surface area contributed by atoms with E-state index < -0.39 is 0 Å². The van der Waals surface area contributed by atoms with E-state index >= 15 is 0 Å². The van der Waals surface area contributed by atoms with Gasteiger partial charge in [0.05, 0.1) is 18.2 Å². The number of amides is 1. The van der Waals surface area contributed by atoms with Crippen LogP contribution in [0.5, 0.6) is 0 Å². The first-order chi connectivity index (χ1) is 9.67. The highest BCUT2D eigenvalue weighted by molar-refractivity contribution is 6.00. The molecule has 20 heavy (non-hydrogen) atoms. The molecule has 1 aliphatic heterocycles. The van der Waals surface area contributed by atoms with Gasteiger partial charge >= 0.3 is 5.97 Å². The second-order valence-electron chi connectivity index (χ2n) is 5.25. The average Bonchev–Trinajstić information content (AvgIpc) is 3.30. The molecule has 0 bridgehead atoms. The molecule has 1 fully saturated rings. The number of nitrogens with one attached hydrogen (secondary N) is 2. The van der Waals surface area contributed by atoms with E-state index in [9.17, 15) is 9.59 Å². The van der Waals surface area contributed by atoms with Gasteiger partial charge in [0.25, 0.3) is 0 Å². The summed E-state index contributed by atoms with van der Waals surface area (Å²) in [5, 5.41) is 5.81. The molecule has 1 unspecified atom stereocenters. The van der Waals surface area contributed by atoms with Crippen molar-refractivity contribution in [2.45, 2.75) is 38.6 Å². The zero-order valence-electron chi connectivity index (χ0n) is 12.1. The number of likely N-dealkylation sites (N-methyl/N-ethyl adjacent to an activating group) is 1. The Kier molecular flexibility index (Phi) is 4.82. The molecule has 1 heterocycles. The minimum absolute atomic E-state index is 0.0159. The Morgan fingerprint density at radius 1 is 1.45 bits per heavy atom. The molecule has 0 aromatic carbocycles. The molecule has 2 rings (SSSR count). The topological polar surface area (TPSA) is 67.4 Å². The van der Waals surface area contributed by atoms with Crippen molar-refractivity contribution in [3.8, 4) is 0 Å². The van der Waals surface area contributed by atoms with Gasteiger partial charge in [-0.25, -0.2) is 4.79 Å². The van der Waals surface area contributed by atoms with E-state index in [-0.39, 0.29) is 17.9 Å². The lowest BCUT2D eigenvalue weighted by molar-refractivity contribution is -0.138. The van der Waals surface area contributed by atoms with E-state index in [0.717, 1.165) is 25.7 Å². The van der Waals surface area contributed by atoms with Gasteiger partial charge in [-0.15, -0.1) is 0 Å². The number of hydrogen-bond acceptors (Lipinski definition) is 4. The van der Waals surface area contributed by atoms with Crippen molar-refractivity contribution in [1.29, 1.82) is 0 Å². The first-order valence-corrected chi connectivity index (χ1v) is 7.24. The van der Waals surface area contributed by atoms with Crippen molar-refractivity contribution in [3.63, 3.8) is 0 Å². The lowest BCUT2D eigenvalue weighted by atomic mass is 9.96. The molecule has 110 valence electrons. The predicted molar refractivity (Wildman–Crippen MR) is 75.7 cm³/mol. The summed E-state index contributed by atoms with van der Waals surface area (Å²) in [4.78, 5) is 23.9. The normalized spacial score (nSPS) is 21.4. The molecule has 2 N–H and O–H groups in total. The zero-order chi connectivity index (χ0) is 14.5. The molecular formula is C15H22N2O3. The van der Waals surface area contributed by atoms with Crippen LogP contribution < -0.4 is 10.6 Å². The summed E-state index contributed by atoms with van der Waals surface area (Å²) in [5.74, 6) is -0.0181. The first kappa shape index (κ1) is 14.6. The summed E-state index contributed by atoms with van der Waals surface area (Å²) in [6.45, 7) is 2.46. The summed E-state index contributed by atoms with van der Waals surface area (Å²) in [5.41, 5.74) is 1.04. The van der Waals surface area contributed by atoms with Crippen LogP contribution >= 0.6 is 0 Å². The van der Waals surface area contributed by atoms with Crippen LogP contribution in [-0.2, 0) is 14.3 Å². The molecule has 5 nitrogen and oxygen atoms in total. The van der Waals surface area contributed by atoms with E-state index in [0.29, 0.717) is 23.7 Å². The van der Waals surface area contributed by atoms with Gasteiger partial charge in [-0.3, -0.25) is 4.79 Å². The molecule has 0 radical (unpaired) electrons. The second-order valence-corrected chi connectivity index (χ2v) is 5.25. The summed E-state index contributed by atoms with van der Waals surface area (Å²) in [6, 6.07) is 0.0159. The molecule has 1 aliphatic carbocycles. The van der Waals surface area contributed by atoms with Crippen molar-refractivity contribution >= 4 is 11.9 Å². The van der Waals surface area contributed by atoms with Gasteiger partial charge in [0.15, 0.2) is 0 Å².